The number of ether oxygens (including phenoxy) is 1. The average molecular weight is 390 g/mol. The predicted octanol–water partition coefficient (Wildman–Crippen LogP) is 0.366. The van der Waals surface area contributed by atoms with Crippen LogP contribution in [0.15, 0.2) is 23.0 Å². The number of morpholine rings is 1. The van der Waals surface area contributed by atoms with Gasteiger partial charge < -0.3 is 24.8 Å². The number of thiocarbonyl (C=S) groups is 1. The fraction of sp³-hybridized carbons (Fsp3) is 0.500. The number of benzene rings is 1. The highest BCUT2D eigenvalue weighted by Gasteiger charge is 2.18. The maximum absolute atomic E-state index is 12.6. The third-order valence-corrected chi connectivity index (χ3v) is 5.80. The van der Waals surface area contributed by atoms with Gasteiger partial charge in [0.05, 0.1) is 32.8 Å². The minimum Gasteiger partial charge on any atom is -0.370 e. The Hall–Kier alpha value is -1.96. The summed E-state index contributed by atoms with van der Waals surface area (Å²) in [7, 11) is 1.83. The Morgan fingerprint density at radius 1 is 1.26 bits per heavy atom. The molecule has 1 aliphatic heterocycles. The van der Waals surface area contributed by atoms with Crippen LogP contribution < -0.4 is 15.8 Å². The number of nitrogens with one attached hydrogen (secondary N) is 3. The van der Waals surface area contributed by atoms with Crippen LogP contribution in [-0.4, -0.2) is 61.4 Å². The van der Waals surface area contributed by atoms with Crippen LogP contribution in [0.2, 0.25) is 0 Å². The molecule has 1 fully saturated rings. The molecule has 0 saturated carbocycles. The van der Waals surface area contributed by atoms with Crippen LogP contribution in [0.1, 0.15) is 16.7 Å². The van der Waals surface area contributed by atoms with Crippen LogP contribution in [0.5, 0.6) is 0 Å². The fourth-order valence-corrected chi connectivity index (χ4v) is 3.61. The van der Waals surface area contributed by atoms with E-state index in [1.165, 1.54) is 16.0 Å². The first-order valence-electron chi connectivity index (χ1n) is 9.49. The SMILES string of the molecule is CNC(=S)N(CC[NH+]1CCOCC1)Cc1cc2cc(C)c(C)cc2[nH]c1=O. The van der Waals surface area contributed by atoms with Crippen molar-refractivity contribution in [1.82, 2.24) is 15.2 Å². The van der Waals surface area contributed by atoms with Gasteiger partial charge in [-0.1, -0.05) is 0 Å². The lowest BCUT2D eigenvalue weighted by atomic mass is 10.0. The van der Waals surface area contributed by atoms with Crippen molar-refractivity contribution in [3.63, 3.8) is 0 Å². The highest BCUT2D eigenvalue weighted by atomic mass is 32.1. The zero-order valence-corrected chi connectivity index (χ0v) is 17.2. The normalized spacial score (nSPS) is 15.1. The van der Waals surface area contributed by atoms with Crippen molar-refractivity contribution in [2.75, 3.05) is 46.4 Å². The van der Waals surface area contributed by atoms with Gasteiger partial charge in [0.15, 0.2) is 5.11 Å². The average Bonchev–Trinajstić information content (AvgIpc) is 2.67. The molecule has 2 aromatic rings. The zero-order chi connectivity index (χ0) is 19.4. The second kappa shape index (κ2) is 8.82. The molecule has 7 heteroatoms. The number of rotatable bonds is 5. The Morgan fingerprint density at radius 3 is 2.67 bits per heavy atom. The minimum absolute atomic E-state index is 0.0478. The molecule has 2 heterocycles. The number of fused-ring (bicyclic) bond motifs is 1. The van der Waals surface area contributed by atoms with E-state index in [0.717, 1.165) is 55.9 Å². The van der Waals surface area contributed by atoms with Crippen LogP contribution in [0.25, 0.3) is 10.9 Å². The molecule has 27 heavy (non-hydrogen) atoms. The van der Waals surface area contributed by atoms with E-state index < -0.39 is 0 Å². The number of pyridine rings is 1. The number of H-pyrrole nitrogens is 1. The summed E-state index contributed by atoms with van der Waals surface area (Å²) in [6, 6.07) is 6.16. The van der Waals surface area contributed by atoms with Crippen LogP contribution in [0.3, 0.4) is 0 Å². The molecule has 1 saturated heterocycles. The van der Waals surface area contributed by atoms with Crippen molar-refractivity contribution < 1.29 is 9.64 Å². The first kappa shape index (κ1) is 19.8. The van der Waals surface area contributed by atoms with Crippen molar-refractivity contribution in [2.24, 2.45) is 0 Å². The summed E-state index contributed by atoms with van der Waals surface area (Å²) in [6.07, 6.45) is 0. The van der Waals surface area contributed by atoms with E-state index in [9.17, 15) is 4.79 Å². The monoisotopic (exact) mass is 389 g/mol. The molecular weight excluding hydrogens is 360 g/mol. The smallest absolute Gasteiger partial charge is 0.253 e. The van der Waals surface area contributed by atoms with E-state index >= 15 is 0 Å². The van der Waals surface area contributed by atoms with Gasteiger partial charge in [0.2, 0.25) is 0 Å². The summed E-state index contributed by atoms with van der Waals surface area (Å²) in [5.74, 6) is 0. The van der Waals surface area contributed by atoms with Gasteiger partial charge in [-0.2, -0.15) is 0 Å². The van der Waals surface area contributed by atoms with E-state index in [-0.39, 0.29) is 5.56 Å². The highest BCUT2D eigenvalue weighted by Crippen LogP contribution is 2.17. The Morgan fingerprint density at radius 2 is 1.96 bits per heavy atom. The van der Waals surface area contributed by atoms with E-state index in [1.807, 2.05) is 19.2 Å². The van der Waals surface area contributed by atoms with Gasteiger partial charge >= 0.3 is 0 Å². The van der Waals surface area contributed by atoms with Gasteiger partial charge in [-0.15, -0.1) is 0 Å². The molecule has 0 atom stereocenters. The second-order valence-electron chi connectivity index (χ2n) is 7.24. The Kier molecular flexibility index (Phi) is 6.46. The standard InChI is InChI=1S/C20H28N4O2S/c1-14-10-16-12-17(19(25)22-18(16)11-15(14)2)13-24(20(27)21-3)5-4-23-6-8-26-9-7-23/h10-12H,4-9,13H2,1-3H3,(H,21,27)(H,22,25)/p+1. The number of aromatic amines is 1. The maximum atomic E-state index is 12.6. The topological polar surface area (TPSA) is 61.8 Å². The number of quaternary nitrogens is 1. The molecule has 0 amide bonds. The molecule has 3 rings (SSSR count). The van der Waals surface area contributed by atoms with E-state index in [2.05, 4.69) is 35.1 Å². The molecule has 0 bridgehead atoms. The molecule has 3 N–H and O–H groups in total. The first-order valence-corrected chi connectivity index (χ1v) is 9.90. The predicted molar refractivity (Wildman–Crippen MR) is 112 cm³/mol. The Labute approximate surface area is 165 Å². The molecule has 1 aliphatic rings. The van der Waals surface area contributed by atoms with Crippen LogP contribution in [-0.2, 0) is 11.3 Å². The molecule has 0 aliphatic carbocycles. The molecule has 6 nitrogen and oxygen atoms in total. The van der Waals surface area contributed by atoms with Gasteiger partial charge in [0, 0.05) is 18.1 Å². The lowest BCUT2D eigenvalue weighted by molar-refractivity contribution is -0.907. The number of hydrogen-bond donors (Lipinski definition) is 3. The number of hydrogen-bond acceptors (Lipinski definition) is 3. The van der Waals surface area contributed by atoms with Crippen LogP contribution >= 0.6 is 12.2 Å². The molecule has 146 valence electrons. The Bertz CT molecular complexity index is 874. The van der Waals surface area contributed by atoms with E-state index in [1.54, 1.807) is 0 Å². The van der Waals surface area contributed by atoms with Crippen molar-refractivity contribution >= 4 is 28.2 Å². The van der Waals surface area contributed by atoms with Crippen LogP contribution in [0, 0.1) is 13.8 Å². The van der Waals surface area contributed by atoms with Gasteiger partial charge in [-0.25, -0.2) is 0 Å². The highest BCUT2D eigenvalue weighted by molar-refractivity contribution is 7.80. The van der Waals surface area contributed by atoms with Crippen molar-refractivity contribution in [1.29, 1.82) is 0 Å². The molecule has 1 aromatic carbocycles. The van der Waals surface area contributed by atoms with Gasteiger partial charge in [0.1, 0.15) is 13.1 Å². The quantitative estimate of drug-likeness (QED) is 0.645. The molecule has 0 radical (unpaired) electrons. The largest absolute Gasteiger partial charge is 0.370 e. The minimum atomic E-state index is -0.0478. The molecule has 0 spiro atoms. The summed E-state index contributed by atoms with van der Waals surface area (Å²) in [5.41, 5.74) is 3.97. The first-order chi connectivity index (χ1) is 13.0. The fourth-order valence-electron chi connectivity index (χ4n) is 3.46. The van der Waals surface area contributed by atoms with Crippen molar-refractivity contribution in [3.8, 4) is 0 Å². The summed E-state index contributed by atoms with van der Waals surface area (Å²) in [4.78, 5) is 19.2. The Balaban J connectivity index is 1.79. The number of aromatic nitrogens is 1. The number of nitrogens with zero attached hydrogens (tertiary/aromatic N) is 1. The number of aryl methyl sites for hydroxylation is 2. The van der Waals surface area contributed by atoms with Crippen molar-refractivity contribution in [3.05, 3.63) is 45.2 Å². The summed E-state index contributed by atoms with van der Waals surface area (Å²) >= 11 is 5.49. The zero-order valence-electron chi connectivity index (χ0n) is 16.4. The van der Waals surface area contributed by atoms with E-state index in [0.29, 0.717) is 11.7 Å². The maximum Gasteiger partial charge on any atom is 0.253 e. The van der Waals surface area contributed by atoms with Gasteiger partial charge in [0.25, 0.3) is 5.56 Å². The lowest BCUT2D eigenvalue weighted by Crippen LogP contribution is -3.14. The lowest BCUT2D eigenvalue weighted by Gasteiger charge is -2.29. The third kappa shape index (κ3) is 4.86. The van der Waals surface area contributed by atoms with Crippen molar-refractivity contribution in [2.45, 2.75) is 20.4 Å². The third-order valence-electron chi connectivity index (χ3n) is 5.33. The summed E-state index contributed by atoms with van der Waals surface area (Å²) in [5, 5.41) is 4.78. The van der Waals surface area contributed by atoms with Crippen LogP contribution in [0.4, 0.5) is 0 Å². The summed E-state index contributed by atoms with van der Waals surface area (Å²) < 4.78 is 5.43. The van der Waals surface area contributed by atoms with Gasteiger partial charge in [-0.05, 0) is 60.8 Å². The van der Waals surface area contributed by atoms with Gasteiger partial charge in [-0.3, -0.25) is 4.79 Å². The second-order valence-corrected chi connectivity index (χ2v) is 7.62. The molecule has 0 unspecified atom stereocenters. The van der Waals surface area contributed by atoms with E-state index in [4.69, 9.17) is 17.0 Å². The molecular formula is C20H29N4O2S+. The summed E-state index contributed by atoms with van der Waals surface area (Å²) in [6.45, 7) is 10.1. The molecule has 1 aromatic heterocycles.